The van der Waals surface area contributed by atoms with Crippen molar-refractivity contribution in [3.8, 4) is 5.88 Å². The second kappa shape index (κ2) is 5.40. The molecule has 1 aliphatic rings. The van der Waals surface area contributed by atoms with Crippen molar-refractivity contribution in [1.82, 2.24) is 15.3 Å². The van der Waals surface area contributed by atoms with Gasteiger partial charge in [-0.15, -0.1) is 0 Å². The Hall–Kier alpha value is -1.88. The summed E-state index contributed by atoms with van der Waals surface area (Å²) >= 11 is 0. The molecule has 19 heavy (non-hydrogen) atoms. The van der Waals surface area contributed by atoms with Crippen LogP contribution in [0.25, 0.3) is 11.0 Å². The molecule has 1 saturated heterocycles. The molecule has 1 fully saturated rings. The fraction of sp³-hybridized carbons (Fsp3) is 0.429. The van der Waals surface area contributed by atoms with Crippen molar-refractivity contribution in [1.29, 1.82) is 0 Å². The van der Waals surface area contributed by atoms with E-state index in [9.17, 15) is 0 Å². The zero-order chi connectivity index (χ0) is 13.1. The van der Waals surface area contributed by atoms with E-state index in [-0.39, 0.29) is 0 Å². The van der Waals surface area contributed by atoms with E-state index in [0.717, 1.165) is 24.0 Å². The van der Waals surface area contributed by atoms with Crippen molar-refractivity contribution < 1.29 is 4.74 Å². The van der Waals surface area contributed by atoms with Crippen LogP contribution >= 0.6 is 0 Å². The van der Waals surface area contributed by atoms with Gasteiger partial charge in [0.1, 0.15) is 6.61 Å². The van der Waals surface area contributed by atoms with Gasteiger partial charge in [0.05, 0.1) is 11.0 Å². The molecule has 3 N–H and O–H groups in total. The predicted octanol–water partition coefficient (Wildman–Crippen LogP) is 1.73. The van der Waals surface area contributed by atoms with Crippen LogP contribution in [-0.2, 0) is 0 Å². The first-order valence-corrected chi connectivity index (χ1v) is 6.71. The van der Waals surface area contributed by atoms with Crippen LogP contribution < -0.4 is 15.8 Å². The number of anilines is 1. The van der Waals surface area contributed by atoms with Crippen molar-refractivity contribution in [2.24, 2.45) is 0 Å². The summed E-state index contributed by atoms with van der Waals surface area (Å²) in [5.41, 5.74) is 7.49. The second-order valence-corrected chi connectivity index (χ2v) is 4.86. The van der Waals surface area contributed by atoms with E-state index in [4.69, 9.17) is 10.5 Å². The largest absolute Gasteiger partial charge is 0.473 e. The van der Waals surface area contributed by atoms with Gasteiger partial charge in [0.25, 0.3) is 5.88 Å². The van der Waals surface area contributed by atoms with Gasteiger partial charge in [-0.3, -0.25) is 0 Å². The van der Waals surface area contributed by atoms with Crippen molar-refractivity contribution in [2.45, 2.75) is 25.3 Å². The molecular formula is C14H18N4O. The molecule has 3 rings (SSSR count). The number of rotatable bonds is 3. The van der Waals surface area contributed by atoms with Crippen molar-refractivity contribution >= 4 is 16.9 Å². The number of nitrogens with one attached hydrogen (secondary N) is 1. The van der Waals surface area contributed by atoms with E-state index in [1.165, 1.54) is 12.8 Å². The van der Waals surface area contributed by atoms with Crippen LogP contribution in [0.2, 0.25) is 0 Å². The molecule has 0 spiro atoms. The highest BCUT2D eigenvalue weighted by molar-refractivity contribution is 5.76. The molecule has 1 unspecified atom stereocenters. The molecule has 5 heteroatoms. The van der Waals surface area contributed by atoms with Gasteiger partial charge in [-0.05, 0) is 31.5 Å². The minimum atomic E-state index is 0.356. The minimum absolute atomic E-state index is 0.356. The van der Waals surface area contributed by atoms with E-state index in [1.54, 1.807) is 0 Å². The van der Waals surface area contributed by atoms with Crippen molar-refractivity contribution in [2.75, 3.05) is 18.9 Å². The van der Waals surface area contributed by atoms with E-state index >= 15 is 0 Å². The lowest BCUT2D eigenvalue weighted by Crippen LogP contribution is -2.38. The molecule has 0 saturated carbocycles. The lowest BCUT2D eigenvalue weighted by atomic mass is 10.1. The van der Waals surface area contributed by atoms with Crippen LogP contribution in [0.4, 0.5) is 5.82 Å². The average molecular weight is 258 g/mol. The molecule has 100 valence electrons. The summed E-state index contributed by atoms with van der Waals surface area (Å²) in [5.74, 6) is 0.792. The normalized spacial score (nSPS) is 19.5. The fourth-order valence-corrected chi connectivity index (χ4v) is 2.35. The van der Waals surface area contributed by atoms with Crippen LogP contribution in [0.3, 0.4) is 0 Å². The number of para-hydroxylation sites is 2. The number of hydrogen-bond acceptors (Lipinski definition) is 5. The Morgan fingerprint density at radius 3 is 2.74 bits per heavy atom. The highest BCUT2D eigenvalue weighted by atomic mass is 16.5. The quantitative estimate of drug-likeness (QED) is 0.877. The number of nitrogen functional groups attached to an aromatic ring is 1. The van der Waals surface area contributed by atoms with Crippen LogP contribution in [0.1, 0.15) is 19.3 Å². The zero-order valence-electron chi connectivity index (χ0n) is 10.8. The highest BCUT2D eigenvalue weighted by Crippen LogP contribution is 2.21. The standard InChI is InChI=1S/C14H18N4O/c15-13-14(19-9-10-5-3-4-8-16-10)18-12-7-2-1-6-11(12)17-13/h1-2,6-7,10,16H,3-5,8-9H2,(H2,15,17). The number of nitrogens with two attached hydrogens (primary N) is 1. The SMILES string of the molecule is Nc1nc2ccccc2nc1OCC1CCCCN1. The molecule has 0 amide bonds. The molecule has 2 heterocycles. The summed E-state index contributed by atoms with van der Waals surface area (Å²) in [5, 5.41) is 3.43. The molecular weight excluding hydrogens is 240 g/mol. The van der Waals surface area contributed by atoms with Crippen LogP contribution in [-0.4, -0.2) is 29.2 Å². The van der Waals surface area contributed by atoms with E-state index in [1.807, 2.05) is 24.3 Å². The molecule has 0 bridgehead atoms. The first-order valence-electron chi connectivity index (χ1n) is 6.71. The second-order valence-electron chi connectivity index (χ2n) is 4.86. The highest BCUT2D eigenvalue weighted by Gasteiger charge is 2.14. The third kappa shape index (κ3) is 2.76. The summed E-state index contributed by atoms with van der Waals surface area (Å²) in [7, 11) is 0. The van der Waals surface area contributed by atoms with Crippen molar-refractivity contribution in [3.05, 3.63) is 24.3 Å². The third-order valence-electron chi connectivity index (χ3n) is 3.40. The maximum atomic E-state index is 5.88. The average Bonchev–Trinajstić information content (AvgIpc) is 2.46. The first-order chi connectivity index (χ1) is 9.33. The molecule has 0 aliphatic carbocycles. The molecule has 1 aromatic carbocycles. The molecule has 1 atom stereocenters. The molecule has 1 aliphatic heterocycles. The Kier molecular flexibility index (Phi) is 3.46. The smallest absolute Gasteiger partial charge is 0.257 e. The zero-order valence-corrected chi connectivity index (χ0v) is 10.8. The number of ether oxygens (including phenoxy) is 1. The number of piperidine rings is 1. The molecule has 5 nitrogen and oxygen atoms in total. The number of fused-ring (bicyclic) bond motifs is 1. The number of aromatic nitrogens is 2. The maximum Gasteiger partial charge on any atom is 0.257 e. The van der Waals surface area contributed by atoms with Gasteiger partial charge >= 0.3 is 0 Å². The topological polar surface area (TPSA) is 73.1 Å². The summed E-state index contributed by atoms with van der Waals surface area (Å²) in [4.78, 5) is 8.73. The summed E-state index contributed by atoms with van der Waals surface area (Å²) in [6.45, 7) is 1.66. The minimum Gasteiger partial charge on any atom is -0.473 e. The summed E-state index contributed by atoms with van der Waals surface area (Å²) in [6.07, 6.45) is 3.63. The monoisotopic (exact) mass is 258 g/mol. The fourth-order valence-electron chi connectivity index (χ4n) is 2.35. The van der Waals surface area contributed by atoms with E-state index < -0.39 is 0 Å². The Bertz CT molecular complexity index is 566. The molecule has 0 radical (unpaired) electrons. The Morgan fingerprint density at radius 2 is 2.00 bits per heavy atom. The third-order valence-corrected chi connectivity index (χ3v) is 3.40. The van der Waals surface area contributed by atoms with Gasteiger partial charge in [-0.1, -0.05) is 18.6 Å². The summed E-state index contributed by atoms with van der Waals surface area (Å²) < 4.78 is 5.72. The Balaban J connectivity index is 1.74. The number of benzene rings is 1. The lowest BCUT2D eigenvalue weighted by molar-refractivity contribution is 0.233. The Labute approximate surface area is 112 Å². The van der Waals surface area contributed by atoms with Gasteiger partial charge in [0.15, 0.2) is 5.82 Å². The van der Waals surface area contributed by atoms with E-state index in [2.05, 4.69) is 15.3 Å². The van der Waals surface area contributed by atoms with Gasteiger partial charge in [0.2, 0.25) is 0 Å². The van der Waals surface area contributed by atoms with Crippen LogP contribution in [0.5, 0.6) is 5.88 Å². The van der Waals surface area contributed by atoms with Gasteiger partial charge in [0, 0.05) is 6.04 Å². The van der Waals surface area contributed by atoms with Crippen LogP contribution in [0, 0.1) is 0 Å². The first kappa shape index (κ1) is 12.2. The number of hydrogen-bond donors (Lipinski definition) is 2. The summed E-state index contributed by atoms with van der Waals surface area (Å²) in [6, 6.07) is 8.04. The van der Waals surface area contributed by atoms with Gasteiger partial charge < -0.3 is 15.8 Å². The molecule has 2 aromatic rings. The van der Waals surface area contributed by atoms with Crippen molar-refractivity contribution in [3.63, 3.8) is 0 Å². The maximum absolute atomic E-state index is 5.88. The van der Waals surface area contributed by atoms with E-state index in [0.29, 0.717) is 24.3 Å². The Morgan fingerprint density at radius 1 is 1.21 bits per heavy atom. The van der Waals surface area contributed by atoms with Gasteiger partial charge in [-0.2, -0.15) is 0 Å². The predicted molar refractivity (Wildman–Crippen MR) is 75.1 cm³/mol. The van der Waals surface area contributed by atoms with Crippen LogP contribution in [0.15, 0.2) is 24.3 Å². The van der Waals surface area contributed by atoms with Gasteiger partial charge in [-0.25, -0.2) is 9.97 Å². The molecule has 1 aromatic heterocycles. The lowest BCUT2D eigenvalue weighted by Gasteiger charge is -2.23. The number of nitrogens with zero attached hydrogens (tertiary/aromatic N) is 2.